The molecule has 7 aromatic rings. The van der Waals surface area contributed by atoms with Gasteiger partial charge in [-0.15, -0.1) is 0 Å². The molecule has 0 spiro atoms. The molecule has 0 radical (unpaired) electrons. The molecule has 0 amide bonds. The maximum absolute atomic E-state index is 6.02. The molecule has 0 unspecified atom stereocenters. The summed E-state index contributed by atoms with van der Waals surface area (Å²) in [5, 5.41) is 23.1. The SMILES string of the molecule is c1cc(OCCN2CCNCC2)cc(-c2n[nH]c3ccc(-c4ncn[nH]4)cc23)c1.c1ccc(P(c2ccccc2)c2ccccc2)cc1. The van der Waals surface area contributed by atoms with Crippen LogP contribution in [0.2, 0.25) is 0 Å². The standard InChI is InChI=1S/C21H23N7O.C18H15P/c1-2-15(12-17(3-1)29-11-10-28-8-6-22-7-9-28)20-18-13-16(21-23-14-24-27-21)4-5-19(18)25-26-20;1-4-10-16(11-5-1)19(17-12-6-2-7-13-17)18-14-8-3-9-15-18/h1-5,12-14,22H,6-11H2,(H,25,26)(H,23,24,27);1-15H. The first-order valence-corrected chi connectivity index (χ1v) is 17.6. The van der Waals surface area contributed by atoms with Crippen molar-refractivity contribution >= 4 is 34.7 Å². The number of fused-ring (bicyclic) bond motifs is 1. The minimum atomic E-state index is -0.446. The monoisotopic (exact) mass is 651 g/mol. The Morgan fingerprint density at radius 2 is 1.33 bits per heavy atom. The summed E-state index contributed by atoms with van der Waals surface area (Å²) in [5.74, 6) is 1.60. The van der Waals surface area contributed by atoms with Crippen LogP contribution < -0.4 is 26.0 Å². The summed E-state index contributed by atoms with van der Waals surface area (Å²) in [4.78, 5) is 6.66. The summed E-state index contributed by atoms with van der Waals surface area (Å²) in [6.45, 7) is 5.89. The fraction of sp³-hybridized carbons (Fsp3) is 0.154. The Morgan fingerprint density at radius 1 is 0.667 bits per heavy atom. The van der Waals surface area contributed by atoms with E-state index >= 15 is 0 Å². The van der Waals surface area contributed by atoms with Crippen LogP contribution in [0, 0.1) is 0 Å². The van der Waals surface area contributed by atoms with Crippen molar-refractivity contribution in [3.63, 3.8) is 0 Å². The van der Waals surface area contributed by atoms with Gasteiger partial charge in [0.1, 0.15) is 24.4 Å². The van der Waals surface area contributed by atoms with E-state index < -0.39 is 7.92 Å². The zero-order valence-electron chi connectivity index (χ0n) is 26.7. The third kappa shape index (κ3) is 7.69. The van der Waals surface area contributed by atoms with E-state index in [0.29, 0.717) is 6.61 Å². The lowest BCUT2D eigenvalue weighted by atomic mass is 10.1. The first kappa shape index (κ1) is 31.5. The average molecular weight is 652 g/mol. The number of aromatic amines is 2. The molecule has 0 aliphatic carbocycles. The van der Waals surface area contributed by atoms with Gasteiger partial charge >= 0.3 is 0 Å². The molecule has 0 bridgehead atoms. The molecule has 3 N–H and O–H groups in total. The molecule has 9 heteroatoms. The second-order valence-electron chi connectivity index (χ2n) is 11.5. The van der Waals surface area contributed by atoms with Crippen LogP contribution in [0.5, 0.6) is 5.75 Å². The zero-order valence-corrected chi connectivity index (χ0v) is 27.6. The van der Waals surface area contributed by atoms with E-state index in [2.05, 4.69) is 145 Å². The van der Waals surface area contributed by atoms with Gasteiger partial charge in [-0.25, -0.2) is 4.98 Å². The van der Waals surface area contributed by atoms with E-state index in [1.54, 1.807) is 0 Å². The number of nitrogens with zero attached hydrogens (tertiary/aromatic N) is 4. The van der Waals surface area contributed by atoms with Gasteiger partial charge < -0.3 is 10.1 Å². The number of nitrogens with one attached hydrogen (secondary N) is 3. The van der Waals surface area contributed by atoms with Crippen molar-refractivity contribution in [3.8, 4) is 28.4 Å². The molecule has 8 rings (SSSR count). The lowest BCUT2D eigenvalue weighted by Gasteiger charge is -2.26. The Labute approximate surface area is 282 Å². The molecule has 8 nitrogen and oxygen atoms in total. The molecule has 1 fully saturated rings. The van der Waals surface area contributed by atoms with Crippen molar-refractivity contribution in [1.29, 1.82) is 0 Å². The molecule has 0 atom stereocenters. The Morgan fingerprint density at radius 3 is 1.96 bits per heavy atom. The summed E-state index contributed by atoms with van der Waals surface area (Å²) >= 11 is 0. The number of H-pyrrole nitrogens is 2. The summed E-state index contributed by atoms with van der Waals surface area (Å²) < 4.78 is 6.02. The van der Waals surface area contributed by atoms with E-state index in [9.17, 15) is 0 Å². The normalized spacial score (nSPS) is 13.3. The van der Waals surface area contributed by atoms with Gasteiger partial charge in [-0.1, -0.05) is 103 Å². The molecule has 3 heterocycles. The van der Waals surface area contributed by atoms with Crippen molar-refractivity contribution < 1.29 is 4.74 Å². The van der Waals surface area contributed by atoms with Crippen LogP contribution in [0.15, 0.2) is 140 Å². The molecule has 1 saturated heterocycles. The number of piperazine rings is 1. The highest BCUT2D eigenvalue weighted by Gasteiger charge is 2.15. The summed E-state index contributed by atoms with van der Waals surface area (Å²) in [6, 6.07) is 46.5. The van der Waals surface area contributed by atoms with E-state index in [4.69, 9.17) is 4.74 Å². The lowest BCUT2D eigenvalue weighted by molar-refractivity contribution is 0.191. The fourth-order valence-electron chi connectivity index (χ4n) is 5.86. The molecule has 5 aromatic carbocycles. The van der Waals surface area contributed by atoms with Gasteiger partial charge in [-0.2, -0.15) is 10.2 Å². The van der Waals surface area contributed by atoms with Crippen molar-refractivity contribution in [2.24, 2.45) is 0 Å². The molecule has 1 aliphatic rings. The zero-order chi connectivity index (χ0) is 32.4. The first-order valence-electron chi connectivity index (χ1n) is 16.3. The average Bonchev–Trinajstić information content (AvgIpc) is 3.85. The number of rotatable bonds is 9. The van der Waals surface area contributed by atoms with E-state index in [1.165, 1.54) is 22.2 Å². The Bertz CT molecular complexity index is 1900. The fourth-order valence-corrected chi connectivity index (χ4v) is 8.17. The molecule has 48 heavy (non-hydrogen) atoms. The van der Waals surface area contributed by atoms with E-state index in [-0.39, 0.29) is 0 Å². The maximum atomic E-state index is 6.02. The smallest absolute Gasteiger partial charge is 0.155 e. The highest BCUT2D eigenvalue weighted by molar-refractivity contribution is 7.79. The van der Waals surface area contributed by atoms with E-state index in [1.807, 2.05) is 24.3 Å². The van der Waals surface area contributed by atoms with Crippen molar-refractivity contribution in [1.82, 2.24) is 35.6 Å². The van der Waals surface area contributed by atoms with Crippen LogP contribution in [0.1, 0.15) is 0 Å². The third-order valence-corrected chi connectivity index (χ3v) is 10.7. The number of benzene rings is 5. The van der Waals surface area contributed by atoms with Crippen LogP contribution in [-0.2, 0) is 0 Å². The topological polar surface area (TPSA) is 94.8 Å². The number of hydrogen-bond acceptors (Lipinski definition) is 6. The minimum absolute atomic E-state index is 0.446. The lowest BCUT2D eigenvalue weighted by Crippen LogP contribution is -2.44. The van der Waals surface area contributed by atoms with Gasteiger partial charge in [0.2, 0.25) is 0 Å². The highest BCUT2D eigenvalue weighted by Crippen LogP contribution is 2.33. The van der Waals surface area contributed by atoms with Crippen LogP contribution in [0.25, 0.3) is 33.5 Å². The maximum Gasteiger partial charge on any atom is 0.155 e. The highest BCUT2D eigenvalue weighted by atomic mass is 31.1. The van der Waals surface area contributed by atoms with Gasteiger partial charge in [-0.05, 0) is 54.2 Å². The van der Waals surface area contributed by atoms with Crippen molar-refractivity contribution in [3.05, 3.63) is 140 Å². The summed E-state index contributed by atoms with van der Waals surface area (Å²) in [6.07, 6.45) is 1.51. The third-order valence-electron chi connectivity index (χ3n) is 8.29. The Hall–Kier alpha value is -5.14. The largest absolute Gasteiger partial charge is 0.492 e. The predicted molar refractivity (Wildman–Crippen MR) is 197 cm³/mol. The number of hydrogen-bond donors (Lipinski definition) is 3. The van der Waals surface area contributed by atoms with E-state index in [0.717, 1.165) is 72.0 Å². The van der Waals surface area contributed by atoms with Crippen LogP contribution in [-0.4, -0.2) is 69.6 Å². The first-order chi connectivity index (χ1) is 23.8. The van der Waals surface area contributed by atoms with Crippen LogP contribution in [0.4, 0.5) is 0 Å². The van der Waals surface area contributed by atoms with Crippen molar-refractivity contribution in [2.45, 2.75) is 0 Å². The van der Waals surface area contributed by atoms with Gasteiger partial charge in [0.15, 0.2) is 5.82 Å². The molecular formula is C39H38N7OP. The van der Waals surface area contributed by atoms with Crippen molar-refractivity contribution in [2.75, 3.05) is 39.3 Å². The number of aromatic nitrogens is 5. The summed E-state index contributed by atoms with van der Waals surface area (Å²) in [7, 11) is -0.446. The molecule has 240 valence electrons. The summed E-state index contributed by atoms with van der Waals surface area (Å²) in [5.41, 5.74) is 3.87. The molecule has 2 aromatic heterocycles. The minimum Gasteiger partial charge on any atom is -0.492 e. The van der Waals surface area contributed by atoms with Gasteiger partial charge in [0.25, 0.3) is 0 Å². The quantitative estimate of drug-likeness (QED) is 0.172. The van der Waals surface area contributed by atoms with Gasteiger partial charge in [-0.3, -0.25) is 15.1 Å². The van der Waals surface area contributed by atoms with Gasteiger partial charge in [0, 0.05) is 49.2 Å². The second-order valence-corrected chi connectivity index (χ2v) is 13.7. The Balaban J connectivity index is 0.000000166. The van der Waals surface area contributed by atoms with Crippen LogP contribution in [0.3, 0.4) is 0 Å². The van der Waals surface area contributed by atoms with Crippen LogP contribution >= 0.6 is 7.92 Å². The molecule has 0 saturated carbocycles. The number of ether oxygens (including phenoxy) is 1. The molecule has 1 aliphatic heterocycles. The predicted octanol–water partition coefficient (Wildman–Crippen LogP) is 5.74. The second kappa shape index (κ2) is 15.6. The Kier molecular flexibility index (Phi) is 10.2. The van der Waals surface area contributed by atoms with Gasteiger partial charge in [0.05, 0.1) is 5.52 Å². The molecular weight excluding hydrogens is 613 g/mol.